The summed E-state index contributed by atoms with van der Waals surface area (Å²) in [5.41, 5.74) is 1.39. The minimum atomic E-state index is -0.341. The fourth-order valence-electron chi connectivity index (χ4n) is 3.13. The molecule has 0 aromatic heterocycles. The molecule has 19 heavy (non-hydrogen) atoms. The number of morpholine rings is 1. The number of halogens is 1. The average Bonchev–Trinajstić information content (AvgIpc) is 2.40. The molecule has 3 rings (SSSR count). The predicted molar refractivity (Wildman–Crippen MR) is 69.7 cm³/mol. The molecule has 2 aliphatic rings. The molecule has 2 unspecified atom stereocenters. The van der Waals surface area contributed by atoms with Crippen LogP contribution in [0.2, 0.25) is 0 Å². The zero-order valence-electron chi connectivity index (χ0n) is 11.0. The Morgan fingerprint density at radius 3 is 2.68 bits per heavy atom. The van der Waals surface area contributed by atoms with Gasteiger partial charge in [-0.25, -0.2) is 4.39 Å². The van der Waals surface area contributed by atoms with Crippen molar-refractivity contribution in [3.63, 3.8) is 0 Å². The van der Waals surface area contributed by atoms with Crippen molar-refractivity contribution >= 4 is 5.78 Å². The lowest BCUT2D eigenvalue weighted by atomic mass is 9.81. The van der Waals surface area contributed by atoms with E-state index in [1.165, 1.54) is 12.1 Å². The van der Waals surface area contributed by atoms with Crippen molar-refractivity contribution in [2.45, 2.75) is 31.8 Å². The summed E-state index contributed by atoms with van der Waals surface area (Å²) >= 11 is 0. The minimum absolute atomic E-state index is 0.0133. The van der Waals surface area contributed by atoms with E-state index < -0.39 is 0 Å². The number of aryl methyl sites for hydroxylation is 1. The molecule has 2 bridgehead atoms. The van der Waals surface area contributed by atoms with Gasteiger partial charge in [-0.1, -0.05) is 6.07 Å². The Kier molecular flexibility index (Phi) is 3.37. The molecule has 4 heteroatoms. The first-order chi connectivity index (χ1) is 9.13. The van der Waals surface area contributed by atoms with Crippen molar-refractivity contribution in [2.75, 3.05) is 13.2 Å². The number of rotatable bonds is 2. The van der Waals surface area contributed by atoms with E-state index in [0.717, 1.165) is 18.4 Å². The van der Waals surface area contributed by atoms with Crippen molar-refractivity contribution in [1.29, 1.82) is 0 Å². The lowest BCUT2D eigenvalue weighted by Crippen LogP contribution is -2.55. The SMILES string of the molecule is Cc1ccc(F)cc1C(=O)C1CC2COCC(C1)N2. The zero-order valence-corrected chi connectivity index (χ0v) is 11.0. The smallest absolute Gasteiger partial charge is 0.166 e. The minimum Gasteiger partial charge on any atom is -0.378 e. The van der Waals surface area contributed by atoms with Crippen molar-refractivity contribution in [2.24, 2.45) is 5.92 Å². The Morgan fingerprint density at radius 2 is 2.00 bits per heavy atom. The third-order valence-corrected chi connectivity index (χ3v) is 4.08. The maximum atomic E-state index is 13.3. The van der Waals surface area contributed by atoms with Gasteiger partial charge < -0.3 is 10.1 Å². The van der Waals surface area contributed by atoms with Crippen molar-refractivity contribution in [3.05, 3.63) is 35.1 Å². The summed E-state index contributed by atoms with van der Waals surface area (Å²) in [5.74, 6) is -0.275. The highest BCUT2D eigenvalue weighted by Gasteiger charge is 2.35. The molecule has 1 aromatic rings. The second-order valence-corrected chi connectivity index (χ2v) is 5.59. The van der Waals surface area contributed by atoms with Crippen molar-refractivity contribution in [3.8, 4) is 0 Å². The van der Waals surface area contributed by atoms with E-state index in [4.69, 9.17) is 4.74 Å². The van der Waals surface area contributed by atoms with Gasteiger partial charge in [0.1, 0.15) is 5.82 Å². The topological polar surface area (TPSA) is 38.3 Å². The van der Waals surface area contributed by atoms with Gasteiger partial charge >= 0.3 is 0 Å². The number of benzene rings is 1. The molecule has 2 atom stereocenters. The van der Waals surface area contributed by atoms with E-state index in [2.05, 4.69) is 5.32 Å². The van der Waals surface area contributed by atoms with E-state index in [1.54, 1.807) is 6.07 Å². The fourth-order valence-corrected chi connectivity index (χ4v) is 3.13. The molecular formula is C15H18FNO2. The lowest BCUT2D eigenvalue weighted by molar-refractivity contribution is 0.00951. The van der Waals surface area contributed by atoms with E-state index in [1.807, 2.05) is 6.92 Å². The van der Waals surface area contributed by atoms with E-state index >= 15 is 0 Å². The number of carbonyl (C=O) groups excluding carboxylic acids is 1. The van der Waals surface area contributed by atoms with Crippen LogP contribution in [0.1, 0.15) is 28.8 Å². The van der Waals surface area contributed by atoms with Crippen molar-refractivity contribution in [1.82, 2.24) is 5.32 Å². The highest BCUT2D eigenvalue weighted by atomic mass is 19.1. The molecular weight excluding hydrogens is 245 g/mol. The highest BCUT2D eigenvalue weighted by Crippen LogP contribution is 2.28. The van der Waals surface area contributed by atoms with Crippen LogP contribution in [-0.2, 0) is 4.74 Å². The quantitative estimate of drug-likeness (QED) is 0.830. The summed E-state index contributed by atoms with van der Waals surface area (Å²) in [5, 5.41) is 3.46. The molecule has 0 saturated carbocycles. The molecule has 0 spiro atoms. The van der Waals surface area contributed by atoms with Gasteiger partial charge in [0.15, 0.2) is 5.78 Å². The normalized spacial score (nSPS) is 30.1. The Hall–Kier alpha value is -1.26. The molecule has 102 valence electrons. The number of fused-ring (bicyclic) bond motifs is 2. The summed E-state index contributed by atoms with van der Waals surface area (Å²) in [6.45, 7) is 3.20. The standard InChI is InChI=1S/C15H18FNO2/c1-9-2-3-11(16)6-14(9)15(18)10-4-12-7-19-8-13(5-10)17-12/h2-3,6,10,12-13,17H,4-5,7-8H2,1H3. The van der Waals surface area contributed by atoms with Gasteiger partial charge in [-0.15, -0.1) is 0 Å². The maximum absolute atomic E-state index is 13.3. The van der Waals surface area contributed by atoms with Gasteiger partial charge in [0.2, 0.25) is 0 Å². The molecule has 2 aliphatic heterocycles. The van der Waals surface area contributed by atoms with E-state index in [0.29, 0.717) is 18.8 Å². The largest absolute Gasteiger partial charge is 0.378 e. The Balaban J connectivity index is 1.82. The van der Waals surface area contributed by atoms with Gasteiger partial charge in [-0.2, -0.15) is 0 Å². The van der Waals surface area contributed by atoms with Crippen LogP contribution >= 0.6 is 0 Å². The van der Waals surface area contributed by atoms with Crippen LogP contribution in [0.4, 0.5) is 4.39 Å². The molecule has 2 fully saturated rings. The average molecular weight is 263 g/mol. The third-order valence-electron chi connectivity index (χ3n) is 4.08. The van der Waals surface area contributed by atoms with Crippen LogP contribution < -0.4 is 5.32 Å². The number of hydrogen-bond donors (Lipinski definition) is 1. The number of carbonyl (C=O) groups is 1. The number of ether oxygens (including phenoxy) is 1. The van der Waals surface area contributed by atoms with Crippen LogP contribution in [0.3, 0.4) is 0 Å². The Labute approximate surface area is 112 Å². The Morgan fingerprint density at radius 1 is 1.32 bits per heavy atom. The molecule has 0 amide bonds. The fraction of sp³-hybridized carbons (Fsp3) is 0.533. The molecule has 1 N–H and O–H groups in total. The van der Waals surface area contributed by atoms with Gasteiger partial charge in [-0.05, 0) is 37.5 Å². The molecule has 2 heterocycles. The zero-order chi connectivity index (χ0) is 13.4. The summed E-state index contributed by atoms with van der Waals surface area (Å²) in [7, 11) is 0. The molecule has 3 nitrogen and oxygen atoms in total. The first-order valence-electron chi connectivity index (χ1n) is 6.77. The van der Waals surface area contributed by atoms with E-state index in [9.17, 15) is 9.18 Å². The second kappa shape index (κ2) is 5.02. The molecule has 1 aromatic carbocycles. The van der Waals surface area contributed by atoms with Gasteiger partial charge in [0.25, 0.3) is 0 Å². The third kappa shape index (κ3) is 2.55. The molecule has 0 aliphatic carbocycles. The number of ketones is 1. The second-order valence-electron chi connectivity index (χ2n) is 5.59. The summed E-state index contributed by atoms with van der Waals surface area (Å²) in [6, 6.07) is 4.96. The van der Waals surface area contributed by atoms with Crippen LogP contribution in [0.25, 0.3) is 0 Å². The lowest BCUT2D eigenvalue weighted by Gasteiger charge is -2.39. The summed E-state index contributed by atoms with van der Waals surface area (Å²) in [6.07, 6.45) is 1.57. The Bertz CT molecular complexity index is 491. The maximum Gasteiger partial charge on any atom is 0.166 e. The monoisotopic (exact) mass is 263 g/mol. The predicted octanol–water partition coefficient (Wildman–Crippen LogP) is 2.08. The van der Waals surface area contributed by atoms with Crippen LogP contribution in [0.15, 0.2) is 18.2 Å². The number of piperidine rings is 1. The van der Waals surface area contributed by atoms with Crippen LogP contribution in [-0.4, -0.2) is 31.1 Å². The van der Waals surface area contributed by atoms with Gasteiger partial charge in [0.05, 0.1) is 13.2 Å². The molecule has 0 radical (unpaired) electrons. The number of hydrogen-bond acceptors (Lipinski definition) is 3. The van der Waals surface area contributed by atoms with Crippen LogP contribution in [0.5, 0.6) is 0 Å². The summed E-state index contributed by atoms with van der Waals surface area (Å²) in [4.78, 5) is 12.6. The first-order valence-corrected chi connectivity index (χ1v) is 6.77. The summed E-state index contributed by atoms with van der Waals surface area (Å²) < 4.78 is 18.8. The number of Topliss-reactive ketones (excluding diaryl/α,β-unsaturated/α-hetero) is 1. The van der Waals surface area contributed by atoms with Gasteiger partial charge in [0, 0.05) is 23.6 Å². The van der Waals surface area contributed by atoms with Gasteiger partial charge in [-0.3, -0.25) is 4.79 Å². The highest BCUT2D eigenvalue weighted by molar-refractivity contribution is 5.99. The molecule has 2 saturated heterocycles. The number of nitrogens with one attached hydrogen (secondary N) is 1. The first kappa shape index (κ1) is 12.8. The van der Waals surface area contributed by atoms with Crippen molar-refractivity contribution < 1.29 is 13.9 Å². The van der Waals surface area contributed by atoms with Crippen LogP contribution in [0, 0.1) is 18.7 Å². The van der Waals surface area contributed by atoms with E-state index in [-0.39, 0.29) is 29.6 Å².